The van der Waals surface area contributed by atoms with Gasteiger partial charge in [0.15, 0.2) is 9.84 Å². The lowest BCUT2D eigenvalue weighted by molar-refractivity contribution is 0.102. The maximum Gasteiger partial charge on any atom is 0.256 e. The number of benzene rings is 2. The molecule has 1 aliphatic rings. The van der Waals surface area contributed by atoms with Crippen LogP contribution in [0.3, 0.4) is 0 Å². The van der Waals surface area contributed by atoms with E-state index in [0.29, 0.717) is 35.6 Å². The van der Waals surface area contributed by atoms with Crippen molar-refractivity contribution in [3.63, 3.8) is 0 Å². The van der Waals surface area contributed by atoms with Gasteiger partial charge in [0.05, 0.1) is 34.6 Å². The molecule has 3 aromatic heterocycles. The fourth-order valence-electron chi connectivity index (χ4n) is 5.42. The lowest BCUT2D eigenvalue weighted by Gasteiger charge is -2.15. The first-order valence-corrected chi connectivity index (χ1v) is 15.3. The summed E-state index contributed by atoms with van der Waals surface area (Å²) in [7, 11) is -1.35. The van der Waals surface area contributed by atoms with Crippen molar-refractivity contribution in [2.24, 2.45) is 7.05 Å². The smallest absolute Gasteiger partial charge is 0.256 e. The van der Waals surface area contributed by atoms with Gasteiger partial charge in [-0.25, -0.2) is 8.42 Å². The second-order valence-electron chi connectivity index (χ2n) is 10.4. The first kappa shape index (κ1) is 26.6. The van der Waals surface area contributed by atoms with Gasteiger partial charge in [0, 0.05) is 42.4 Å². The van der Waals surface area contributed by atoms with Gasteiger partial charge in [-0.1, -0.05) is 48.5 Å². The topological polar surface area (TPSA) is 112 Å². The van der Waals surface area contributed by atoms with Crippen LogP contribution < -0.4 is 5.32 Å². The summed E-state index contributed by atoms with van der Waals surface area (Å²) in [5.74, 6) is 0.594. The number of hydrogen-bond donors (Lipinski definition) is 1. The van der Waals surface area contributed by atoms with Gasteiger partial charge in [-0.3, -0.25) is 19.1 Å². The molecule has 1 saturated heterocycles. The molecular formula is C31H30N6O3S. The van der Waals surface area contributed by atoms with Crippen LogP contribution in [0.25, 0.3) is 22.6 Å². The Morgan fingerprint density at radius 2 is 1.80 bits per heavy atom. The molecule has 1 amide bonds. The summed E-state index contributed by atoms with van der Waals surface area (Å²) >= 11 is 0. The Kier molecular flexibility index (Phi) is 7.00. The van der Waals surface area contributed by atoms with Crippen molar-refractivity contribution in [3.8, 4) is 22.6 Å². The zero-order valence-corrected chi connectivity index (χ0v) is 23.7. The van der Waals surface area contributed by atoms with Crippen LogP contribution in [-0.4, -0.2) is 50.4 Å². The van der Waals surface area contributed by atoms with E-state index in [4.69, 9.17) is 5.10 Å². The van der Waals surface area contributed by atoms with Crippen molar-refractivity contribution < 1.29 is 13.2 Å². The molecule has 0 aliphatic carbocycles. The van der Waals surface area contributed by atoms with Crippen LogP contribution in [-0.2, 0) is 23.3 Å². The van der Waals surface area contributed by atoms with E-state index >= 15 is 0 Å². The van der Waals surface area contributed by atoms with Crippen molar-refractivity contribution in [1.82, 2.24) is 24.5 Å². The molecule has 0 saturated carbocycles. The predicted molar refractivity (Wildman–Crippen MR) is 158 cm³/mol. The molecule has 0 radical (unpaired) electrons. The maximum atomic E-state index is 13.2. The van der Waals surface area contributed by atoms with Crippen molar-refractivity contribution in [2.75, 3.05) is 16.8 Å². The van der Waals surface area contributed by atoms with Crippen molar-refractivity contribution in [2.45, 2.75) is 25.8 Å². The fraction of sp³-hybridized carbons (Fsp3) is 0.226. The number of sulfone groups is 1. The molecule has 41 heavy (non-hydrogen) atoms. The Morgan fingerprint density at radius 1 is 1.00 bits per heavy atom. The van der Waals surface area contributed by atoms with Crippen LogP contribution in [0.5, 0.6) is 0 Å². The molecule has 4 heterocycles. The van der Waals surface area contributed by atoms with Gasteiger partial charge in [0.1, 0.15) is 11.5 Å². The molecule has 2 aromatic carbocycles. The third-order valence-electron chi connectivity index (χ3n) is 7.33. The molecule has 1 unspecified atom stereocenters. The van der Waals surface area contributed by atoms with Crippen LogP contribution in [0.2, 0.25) is 0 Å². The van der Waals surface area contributed by atoms with Crippen molar-refractivity contribution >= 4 is 21.6 Å². The number of rotatable bonds is 7. The monoisotopic (exact) mass is 566 g/mol. The summed E-state index contributed by atoms with van der Waals surface area (Å²) < 4.78 is 28.5. The quantitative estimate of drug-likeness (QED) is 0.301. The van der Waals surface area contributed by atoms with Gasteiger partial charge in [-0.15, -0.1) is 0 Å². The molecular weight excluding hydrogens is 536 g/mol. The molecule has 1 fully saturated rings. The standard InChI is InChI=1S/C31H30N6O3S/c1-21-17-28(36(2)34-21)33-31(38)24-12-8-9-22(18-24)19-26-29(27-13-6-7-15-32-27)35-37(25-14-16-41(39,40)20-25)30(26)23-10-4-3-5-11-23/h3-13,15,17-18,25H,14,16,19-20H2,1-2H3,(H,33,38). The van der Waals surface area contributed by atoms with E-state index in [9.17, 15) is 13.2 Å². The van der Waals surface area contributed by atoms with E-state index in [1.165, 1.54) is 0 Å². The maximum absolute atomic E-state index is 13.2. The number of anilines is 1. The van der Waals surface area contributed by atoms with Crippen LogP contribution in [0.15, 0.2) is 85.1 Å². The first-order valence-electron chi connectivity index (χ1n) is 13.5. The zero-order chi connectivity index (χ0) is 28.6. The minimum atomic E-state index is -3.14. The van der Waals surface area contributed by atoms with Crippen molar-refractivity contribution in [3.05, 3.63) is 107 Å². The lowest BCUT2D eigenvalue weighted by Crippen LogP contribution is -2.15. The van der Waals surface area contributed by atoms with Crippen LogP contribution in [0, 0.1) is 6.92 Å². The number of hydrogen-bond acceptors (Lipinski definition) is 6. The molecule has 208 valence electrons. The molecule has 0 bridgehead atoms. The van der Waals surface area contributed by atoms with Crippen LogP contribution >= 0.6 is 0 Å². The van der Waals surface area contributed by atoms with E-state index in [0.717, 1.165) is 28.1 Å². The number of carbonyl (C=O) groups excluding carboxylic acids is 1. The number of aromatic nitrogens is 5. The number of nitrogens with one attached hydrogen (secondary N) is 1. The van der Waals surface area contributed by atoms with Gasteiger partial charge in [-0.05, 0) is 43.2 Å². The van der Waals surface area contributed by atoms with Gasteiger partial charge in [0.25, 0.3) is 5.91 Å². The normalized spacial score (nSPS) is 16.1. The Labute approximate surface area is 238 Å². The van der Waals surface area contributed by atoms with Gasteiger partial charge in [-0.2, -0.15) is 10.2 Å². The lowest BCUT2D eigenvalue weighted by atomic mass is 9.96. The summed E-state index contributed by atoms with van der Waals surface area (Å²) in [6.07, 6.45) is 2.71. The molecule has 6 rings (SSSR count). The third kappa shape index (κ3) is 5.55. The number of amides is 1. The zero-order valence-electron chi connectivity index (χ0n) is 22.9. The highest BCUT2D eigenvalue weighted by atomic mass is 32.2. The molecule has 9 nitrogen and oxygen atoms in total. The number of pyridine rings is 1. The minimum Gasteiger partial charge on any atom is -0.307 e. The Hall–Kier alpha value is -4.57. The first-order chi connectivity index (χ1) is 19.8. The molecule has 1 N–H and O–H groups in total. The van der Waals surface area contributed by atoms with E-state index in [1.807, 2.05) is 84.4 Å². The van der Waals surface area contributed by atoms with Crippen LogP contribution in [0.4, 0.5) is 5.82 Å². The van der Waals surface area contributed by atoms with E-state index < -0.39 is 9.84 Å². The van der Waals surface area contributed by atoms with E-state index in [-0.39, 0.29) is 23.5 Å². The highest BCUT2D eigenvalue weighted by molar-refractivity contribution is 7.91. The average Bonchev–Trinajstić information content (AvgIpc) is 3.63. The van der Waals surface area contributed by atoms with E-state index in [2.05, 4.69) is 15.4 Å². The molecule has 0 spiro atoms. The second kappa shape index (κ2) is 10.8. The summed E-state index contributed by atoms with van der Waals surface area (Å²) in [5.41, 5.74) is 6.42. The fourth-order valence-corrected chi connectivity index (χ4v) is 7.11. The van der Waals surface area contributed by atoms with Gasteiger partial charge < -0.3 is 5.32 Å². The summed E-state index contributed by atoms with van der Waals surface area (Å²) in [6, 6.07) is 24.7. The van der Waals surface area contributed by atoms with Gasteiger partial charge in [0.2, 0.25) is 0 Å². The number of carbonyl (C=O) groups is 1. The summed E-state index contributed by atoms with van der Waals surface area (Å²) in [5, 5.41) is 12.3. The number of nitrogens with zero attached hydrogens (tertiary/aromatic N) is 5. The summed E-state index contributed by atoms with van der Waals surface area (Å²) in [6.45, 7) is 1.88. The number of aryl methyl sites for hydroxylation is 2. The van der Waals surface area contributed by atoms with Crippen molar-refractivity contribution in [1.29, 1.82) is 0 Å². The second-order valence-corrected chi connectivity index (χ2v) is 12.6. The SMILES string of the molecule is Cc1cc(NC(=O)c2cccc(Cc3c(-c4ccccn4)nn(C4CCS(=O)(=O)C4)c3-c3ccccc3)c2)n(C)n1. The molecule has 5 aromatic rings. The third-order valence-corrected chi connectivity index (χ3v) is 9.08. The molecule has 10 heteroatoms. The molecule has 1 aliphatic heterocycles. The Bertz CT molecular complexity index is 1830. The highest BCUT2D eigenvalue weighted by Gasteiger charge is 2.33. The Balaban J connectivity index is 1.44. The highest BCUT2D eigenvalue weighted by Crippen LogP contribution is 2.37. The average molecular weight is 567 g/mol. The molecule has 1 atom stereocenters. The van der Waals surface area contributed by atoms with Crippen LogP contribution in [0.1, 0.15) is 39.6 Å². The van der Waals surface area contributed by atoms with E-state index in [1.54, 1.807) is 24.0 Å². The Morgan fingerprint density at radius 3 is 2.49 bits per heavy atom. The van der Waals surface area contributed by atoms with Gasteiger partial charge >= 0.3 is 0 Å². The summed E-state index contributed by atoms with van der Waals surface area (Å²) in [4.78, 5) is 17.8. The largest absolute Gasteiger partial charge is 0.307 e. The minimum absolute atomic E-state index is 0.0543. The predicted octanol–water partition coefficient (Wildman–Crippen LogP) is 4.86.